The first kappa shape index (κ1) is 16.2. The second-order valence-corrected chi connectivity index (χ2v) is 6.53. The van der Waals surface area contributed by atoms with Gasteiger partial charge in [0.2, 0.25) is 0 Å². The summed E-state index contributed by atoms with van der Waals surface area (Å²) in [5.41, 5.74) is 1.58. The third-order valence-corrected chi connectivity index (χ3v) is 4.33. The van der Waals surface area contributed by atoms with E-state index in [2.05, 4.69) is 5.32 Å². The van der Waals surface area contributed by atoms with Crippen LogP contribution in [-0.2, 0) is 16.0 Å². The van der Waals surface area contributed by atoms with Crippen LogP contribution in [0.2, 0.25) is 0 Å². The lowest BCUT2D eigenvalue weighted by Crippen LogP contribution is -2.43. The third kappa shape index (κ3) is 3.95. The summed E-state index contributed by atoms with van der Waals surface area (Å²) in [7, 11) is 1.33. The molecule has 0 aliphatic carbocycles. The van der Waals surface area contributed by atoms with Gasteiger partial charge >= 0.3 is 5.97 Å². The van der Waals surface area contributed by atoms with Crippen molar-refractivity contribution in [3.63, 3.8) is 0 Å². The normalized spacial score (nSPS) is 11.8. The molecule has 0 saturated heterocycles. The molecule has 2 aromatic rings. The summed E-state index contributed by atoms with van der Waals surface area (Å²) in [6, 6.07) is 10.7. The lowest BCUT2D eigenvalue weighted by molar-refractivity contribution is -0.142. The minimum absolute atomic E-state index is 0.242. The van der Waals surface area contributed by atoms with Crippen molar-refractivity contribution in [2.45, 2.75) is 26.3 Å². The number of aryl methyl sites for hydroxylation is 2. The van der Waals surface area contributed by atoms with Gasteiger partial charge in [-0.2, -0.15) is 0 Å². The Morgan fingerprint density at radius 2 is 1.91 bits per heavy atom. The average molecular weight is 317 g/mol. The third-order valence-electron chi connectivity index (χ3n) is 3.36. The molecule has 0 fully saturated rings. The number of hydrogen-bond donors (Lipinski definition) is 1. The highest BCUT2D eigenvalue weighted by atomic mass is 32.1. The molecule has 0 radical (unpaired) electrons. The van der Waals surface area contributed by atoms with Crippen LogP contribution in [0.4, 0.5) is 0 Å². The lowest BCUT2D eigenvalue weighted by atomic mass is 10.1. The van der Waals surface area contributed by atoms with Gasteiger partial charge in [0, 0.05) is 16.2 Å². The summed E-state index contributed by atoms with van der Waals surface area (Å²) in [6.45, 7) is 3.85. The fourth-order valence-corrected chi connectivity index (χ4v) is 3.20. The molecule has 1 amide bonds. The summed E-state index contributed by atoms with van der Waals surface area (Å²) in [5, 5.41) is 2.78. The van der Waals surface area contributed by atoms with E-state index in [0.717, 1.165) is 15.3 Å². The Morgan fingerprint density at radius 3 is 2.45 bits per heavy atom. The van der Waals surface area contributed by atoms with Crippen LogP contribution in [0.3, 0.4) is 0 Å². The molecule has 1 N–H and O–H groups in total. The summed E-state index contributed by atoms with van der Waals surface area (Å²) in [5.74, 6) is -0.685. The van der Waals surface area contributed by atoms with Gasteiger partial charge in [0.15, 0.2) is 0 Å². The second kappa shape index (κ2) is 7.22. The van der Waals surface area contributed by atoms with Gasteiger partial charge in [-0.25, -0.2) is 4.79 Å². The number of benzene rings is 1. The van der Waals surface area contributed by atoms with Crippen molar-refractivity contribution in [2.75, 3.05) is 7.11 Å². The minimum atomic E-state index is -0.695. The van der Waals surface area contributed by atoms with E-state index < -0.39 is 12.0 Å². The number of hydrogen-bond acceptors (Lipinski definition) is 4. The van der Waals surface area contributed by atoms with E-state index in [1.54, 1.807) is 11.3 Å². The van der Waals surface area contributed by atoms with Crippen LogP contribution in [0.5, 0.6) is 0 Å². The second-order valence-electron chi connectivity index (χ2n) is 5.07. The molecular weight excluding hydrogens is 298 g/mol. The number of amides is 1. The highest BCUT2D eigenvalue weighted by Crippen LogP contribution is 2.20. The van der Waals surface area contributed by atoms with Gasteiger partial charge in [-0.15, -0.1) is 11.3 Å². The van der Waals surface area contributed by atoms with Crippen molar-refractivity contribution in [2.24, 2.45) is 0 Å². The number of methoxy groups -OCH3 is 1. The molecule has 0 saturated carbocycles. The fraction of sp³-hybridized carbons (Fsp3) is 0.294. The van der Waals surface area contributed by atoms with Crippen LogP contribution in [0, 0.1) is 13.8 Å². The molecule has 1 atom stereocenters. The molecule has 1 aromatic heterocycles. The number of carbonyl (C=O) groups is 2. The van der Waals surface area contributed by atoms with E-state index in [1.165, 1.54) is 7.11 Å². The van der Waals surface area contributed by atoms with Crippen LogP contribution < -0.4 is 5.32 Å². The molecular formula is C17H19NO3S. The molecule has 0 aliphatic rings. The standard InChI is InChI=1S/C17H19NO3S/c1-11-9-14(12(2)22-11)16(19)18-15(17(20)21-3)10-13-7-5-4-6-8-13/h4-9,15H,10H2,1-3H3,(H,18,19). The Morgan fingerprint density at radius 1 is 1.23 bits per heavy atom. The predicted molar refractivity (Wildman–Crippen MR) is 87.2 cm³/mol. The van der Waals surface area contributed by atoms with Gasteiger partial charge in [0.25, 0.3) is 5.91 Å². The van der Waals surface area contributed by atoms with Crippen LogP contribution >= 0.6 is 11.3 Å². The highest BCUT2D eigenvalue weighted by molar-refractivity contribution is 7.12. The topological polar surface area (TPSA) is 55.4 Å². The van der Waals surface area contributed by atoms with Gasteiger partial charge in [-0.05, 0) is 25.5 Å². The van der Waals surface area contributed by atoms with Crippen LogP contribution in [-0.4, -0.2) is 25.0 Å². The quantitative estimate of drug-likeness (QED) is 0.863. The van der Waals surface area contributed by atoms with Crippen molar-refractivity contribution in [3.8, 4) is 0 Å². The van der Waals surface area contributed by atoms with Gasteiger partial charge < -0.3 is 10.1 Å². The van der Waals surface area contributed by atoms with Gasteiger partial charge in [-0.3, -0.25) is 4.79 Å². The molecule has 22 heavy (non-hydrogen) atoms. The highest BCUT2D eigenvalue weighted by Gasteiger charge is 2.23. The van der Waals surface area contributed by atoms with Crippen molar-refractivity contribution in [1.29, 1.82) is 0 Å². The average Bonchev–Trinajstić information content (AvgIpc) is 2.85. The molecule has 5 heteroatoms. The van der Waals surface area contributed by atoms with Gasteiger partial charge in [0.1, 0.15) is 6.04 Å². The van der Waals surface area contributed by atoms with E-state index in [1.807, 2.05) is 50.2 Å². The number of nitrogens with one attached hydrogen (secondary N) is 1. The van der Waals surface area contributed by atoms with E-state index >= 15 is 0 Å². The molecule has 1 aromatic carbocycles. The van der Waals surface area contributed by atoms with Gasteiger partial charge in [0.05, 0.1) is 12.7 Å². The zero-order valence-corrected chi connectivity index (χ0v) is 13.7. The molecule has 1 unspecified atom stereocenters. The van der Waals surface area contributed by atoms with Crippen molar-refractivity contribution in [3.05, 3.63) is 57.3 Å². The number of thiophene rings is 1. The van der Waals surface area contributed by atoms with E-state index in [0.29, 0.717) is 12.0 Å². The Labute approximate surface area is 134 Å². The smallest absolute Gasteiger partial charge is 0.328 e. The molecule has 2 rings (SSSR count). The Balaban J connectivity index is 2.14. The number of ether oxygens (including phenoxy) is 1. The predicted octanol–water partition coefficient (Wildman–Crippen LogP) is 2.88. The molecule has 4 nitrogen and oxygen atoms in total. The zero-order chi connectivity index (χ0) is 16.1. The number of esters is 1. The largest absolute Gasteiger partial charge is 0.467 e. The molecule has 0 aliphatic heterocycles. The van der Waals surface area contributed by atoms with Crippen LogP contribution in [0.1, 0.15) is 25.7 Å². The maximum absolute atomic E-state index is 12.4. The molecule has 0 bridgehead atoms. The van der Waals surface area contributed by atoms with E-state index in [-0.39, 0.29) is 5.91 Å². The summed E-state index contributed by atoms with van der Waals surface area (Å²) in [4.78, 5) is 26.3. The van der Waals surface area contributed by atoms with Crippen molar-refractivity contribution in [1.82, 2.24) is 5.32 Å². The Kier molecular flexibility index (Phi) is 5.33. The molecule has 116 valence electrons. The summed E-state index contributed by atoms with van der Waals surface area (Å²) < 4.78 is 4.81. The SMILES string of the molecule is COC(=O)C(Cc1ccccc1)NC(=O)c1cc(C)sc1C. The van der Waals surface area contributed by atoms with Crippen molar-refractivity contribution < 1.29 is 14.3 Å². The maximum atomic E-state index is 12.4. The van der Waals surface area contributed by atoms with Crippen LogP contribution in [0.15, 0.2) is 36.4 Å². The van der Waals surface area contributed by atoms with E-state index in [4.69, 9.17) is 4.74 Å². The minimum Gasteiger partial charge on any atom is -0.467 e. The monoisotopic (exact) mass is 317 g/mol. The summed E-state index contributed by atoms with van der Waals surface area (Å²) >= 11 is 1.57. The Hall–Kier alpha value is -2.14. The zero-order valence-electron chi connectivity index (χ0n) is 12.9. The first-order chi connectivity index (χ1) is 10.5. The number of carbonyl (C=O) groups excluding carboxylic acids is 2. The first-order valence-electron chi connectivity index (χ1n) is 7.01. The molecule has 1 heterocycles. The van der Waals surface area contributed by atoms with E-state index in [9.17, 15) is 9.59 Å². The first-order valence-corrected chi connectivity index (χ1v) is 7.82. The lowest BCUT2D eigenvalue weighted by Gasteiger charge is -2.16. The van der Waals surface area contributed by atoms with Crippen molar-refractivity contribution >= 4 is 23.2 Å². The molecule has 0 spiro atoms. The van der Waals surface area contributed by atoms with Crippen LogP contribution in [0.25, 0.3) is 0 Å². The summed E-state index contributed by atoms with van der Waals surface area (Å²) in [6.07, 6.45) is 0.404. The van der Waals surface area contributed by atoms with Gasteiger partial charge in [-0.1, -0.05) is 30.3 Å². The maximum Gasteiger partial charge on any atom is 0.328 e. The fourth-order valence-electron chi connectivity index (χ4n) is 2.28. The Bertz CT molecular complexity index is 664. The number of rotatable bonds is 5.